The number of fused-ring (bicyclic) bond motifs is 3. The number of rotatable bonds is 3. The van der Waals surface area contributed by atoms with Crippen molar-refractivity contribution in [1.82, 2.24) is 4.98 Å². The summed E-state index contributed by atoms with van der Waals surface area (Å²) in [6.45, 7) is 0.633. The largest absolute Gasteiger partial charge is 0.486 e. The van der Waals surface area contributed by atoms with Crippen molar-refractivity contribution < 1.29 is 28.2 Å². The SMILES string of the molecule is COC[C@@](C)(O)C#Cc1ccc2c(c1)-c1nc(C(N)=O)sc1C(F)(F)CO2. The summed E-state index contributed by atoms with van der Waals surface area (Å²) in [4.78, 5) is 15.0. The Kier molecular flexibility index (Phi) is 4.90. The highest BCUT2D eigenvalue weighted by Crippen LogP contribution is 2.46. The molecule has 1 aliphatic rings. The van der Waals surface area contributed by atoms with Gasteiger partial charge in [0.2, 0.25) is 0 Å². The van der Waals surface area contributed by atoms with Gasteiger partial charge in [-0.3, -0.25) is 4.79 Å². The summed E-state index contributed by atoms with van der Waals surface area (Å²) in [7, 11) is 1.44. The van der Waals surface area contributed by atoms with Crippen molar-refractivity contribution in [1.29, 1.82) is 0 Å². The minimum absolute atomic E-state index is 0.0124. The van der Waals surface area contributed by atoms with Crippen molar-refractivity contribution in [2.45, 2.75) is 18.4 Å². The number of carbonyl (C=O) groups excluding carboxylic acids is 1. The van der Waals surface area contributed by atoms with Crippen LogP contribution in [-0.2, 0) is 10.7 Å². The molecule has 2 aromatic rings. The van der Waals surface area contributed by atoms with Crippen LogP contribution >= 0.6 is 11.3 Å². The number of benzene rings is 1. The average Bonchev–Trinajstić information content (AvgIpc) is 3.01. The second kappa shape index (κ2) is 6.88. The summed E-state index contributed by atoms with van der Waals surface area (Å²) in [5.41, 5.74) is 4.51. The molecule has 27 heavy (non-hydrogen) atoms. The summed E-state index contributed by atoms with van der Waals surface area (Å²) in [6.07, 6.45) is 0. The van der Waals surface area contributed by atoms with Gasteiger partial charge in [-0.25, -0.2) is 4.98 Å². The molecular formula is C18H16F2N2O4S. The van der Waals surface area contributed by atoms with Crippen LogP contribution in [0, 0.1) is 11.8 Å². The van der Waals surface area contributed by atoms with E-state index in [1.807, 2.05) is 0 Å². The number of halogens is 2. The number of aliphatic hydroxyl groups is 1. The number of amides is 1. The number of nitrogens with two attached hydrogens (primary N) is 1. The van der Waals surface area contributed by atoms with Crippen molar-refractivity contribution in [3.63, 3.8) is 0 Å². The van der Waals surface area contributed by atoms with E-state index in [9.17, 15) is 18.7 Å². The van der Waals surface area contributed by atoms with Crippen LogP contribution in [0.15, 0.2) is 18.2 Å². The van der Waals surface area contributed by atoms with Crippen molar-refractivity contribution in [3.8, 4) is 28.8 Å². The average molecular weight is 394 g/mol. The molecule has 0 unspecified atom stereocenters. The van der Waals surface area contributed by atoms with Gasteiger partial charge in [-0.2, -0.15) is 8.78 Å². The molecule has 0 saturated heterocycles. The summed E-state index contributed by atoms with van der Waals surface area (Å²) >= 11 is 0.549. The second-order valence-corrected chi connectivity index (χ2v) is 7.22. The van der Waals surface area contributed by atoms with Gasteiger partial charge in [0.15, 0.2) is 11.6 Å². The third kappa shape index (κ3) is 3.93. The van der Waals surface area contributed by atoms with E-state index in [4.69, 9.17) is 15.2 Å². The first-order valence-corrected chi connectivity index (χ1v) is 8.65. The lowest BCUT2D eigenvalue weighted by Crippen LogP contribution is -2.27. The third-order valence-corrected chi connectivity index (χ3v) is 4.90. The van der Waals surface area contributed by atoms with E-state index in [2.05, 4.69) is 16.8 Å². The Hall–Kier alpha value is -2.54. The molecule has 9 heteroatoms. The van der Waals surface area contributed by atoms with E-state index in [1.165, 1.54) is 26.2 Å². The zero-order valence-electron chi connectivity index (χ0n) is 14.5. The molecule has 2 heterocycles. The summed E-state index contributed by atoms with van der Waals surface area (Å²) < 4.78 is 38.9. The summed E-state index contributed by atoms with van der Waals surface area (Å²) in [6, 6.07) is 4.61. The Morgan fingerprint density at radius 2 is 2.30 bits per heavy atom. The number of aromatic nitrogens is 1. The van der Waals surface area contributed by atoms with E-state index in [1.54, 1.807) is 6.07 Å². The predicted octanol–water partition coefficient (Wildman–Crippen LogP) is 2.14. The monoisotopic (exact) mass is 394 g/mol. The molecule has 142 valence electrons. The van der Waals surface area contributed by atoms with Gasteiger partial charge in [0, 0.05) is 18.2 Å². The first-order valence-electron chi connectivity index (χ1n) is 7.83. The fraction of sp³-hybridized carbons (Fsp3) is 0.333. The van der Waals surface area contributed by atoms with E-state index >= 15 is 0 Å². The molecule has 1 amide bonds. The standard InChI is InChI=1S/C18H16F2N2O4S/c1-17(24,8-25-2)6-5-10-3-4-12-11(7-10)13-14(18(19,20)9-26-12)27-16(22-13)15(21)23/h3-4,7,24H,8-9H2,1-2H3,(H2,21,23)/t17-/m0/s1. The Morgan fingerprint density at radius 3 is 2.96 bits per heavy atom. The van der Waals surface area contributed by atoms with Crippen LogP contribution in [-0.4, -0.2) is 41.9 Å². The lowest BCUT2D eigenvalue weighted by molar-refractivity contribution is -0.0412. The van der Waals surface area contributed by atoms with Crippen molar-refractivity contribution in [2.24, 2.45) is 5.73 Å². The van der Waals surface area contributed by atoms with E-state index in [-0.39, 0.29) is 33.5 Å². The number of primary amides is 1. The highest BCUT2D eigenvalue weighted by atomic mass is 32.1. The van der Waals surface area contributed by atoms with Crippen LogP contribution in [0.2, 0.25) is 0 Å². The molecule has 6 nitrogen and oxygen atoms in total. The van der Waals surface area contributed by atoms with E-state index in [0.29, 0.717) is 16.9 Å². The molecule has 0 fully saturated rings. The molecule has 0 radical (unpaired) electrons. The van der Waals surface area contributed by atoms with Gasteiger partial charge >= 0.3 is 5.92 Å². The second-order valence-electron chi connectivity index (χ2n) is 6.22. The van der Waals surface area contributed by atoms with Crippen LogP contribution in [0.4, 0.5) is 8.78 Å². The molecule has 1 aromatic carbocycles. The minimum atomic E-state index is -3.31. The minimum Gasteiger partial charge on any atom is -0.486 e. The van der Waals surface area contributed by atoms with Crippen LogP contribution in [0.25, 0.3) is 11.3 Å². The van der Waals surface area contributed by atoms with Crippen LogP contribution < -0.4 is 10.5 Å². The molecular weight excluding hydrogens is 378 g/mol. The van der Waals surface area contributed by atoms with Gasteiger partial charge in [-0.15, -0.1) is 11.3 Å². The number of methoxy groups -OCH3 is 1. The number of hydrogen-bond donors (Lipinski definition) is 2. The van der Waals surface area contributed by atoms with Gasteiger partial charge in [0.25, 0.3) is 5.91 Å². The van der Waals surface area contributed by atoms with E-state index < -0.39 is 24.0 Å². The molecule has 3 rings (SSSR count). The van der Waals surface area contributed by atoms with Gasteiger partial charge < -0.3 is 20.3 Å². The Bertz CT molecular complexity index is 960. The summed E-state index contributed by atoms with van der Waals surface area (Å²) in [5.74, 6) is 1.45. The zero-order valence-corrected chi connectivity index (χ0v) is 15.3. The van der Waals surface area contributed by atoms with Crippen molar-refractivity contribution in [2.75, 3.05) is 20.3 Å². The fourth-order valence-electron chi connectivity index (χ4n) is 2.53. The Labute approximate surface area is 157 Å². The molecule has 1 aliphatic heterocycles. The molecule has 0 aliphatic carbocycles. The molecule has 1 atom stereocenters. The van der Waals surface area contributed by atoms with Crippen LogP contribution in [0.5, 0.6) is 5.75 Å². The highest BCUT2D eigenvalue weighted by molar-refractivity contribution is 7.14. The zero-order chi connectivity index (χ0) is 19.8. The topological polar surface area (TPSA) is 94.7 Å². The Balaban J connectivity index is 2.11. The third-order valence-electron chi connectivity index (χ3n) is 3.72. The lowest BCUT2D eigenvalue weighted by atomic mass is 10.0. The first kappa shape index (κ1) is 19.2. The number of nitrogens with zero attached hydrogens (tertiary/aromatic N) is 1. The molecule has 0 saturated carbocycles. The van der Waals surface area contributed by atoms with Gasteiger partial charge in [0.1, 0.15) is 16.2 Å². The van der Waals surface area contributed by atoms with Gasteiger partial charge in [0.05, 0.1) is 12.3 Å². The maximum atomic E-state index is 14.4. The number of carbonyl (C=O) groups is 1. The first-order chi connectivity index (χ1) is 12.6. The number of thiazole rings is 1. The van der Waals surface area contributed by atoms with E-state index in [0.717, 1.165) is 0 Å². The summed E-state index contributed by atoms with van der Waals surface area (Å²) in [5, 5.41) is 9.86. The Morgan fingerprint density at radius 1 is 1.56 bits per heavy atom. The van der Waals surface area contributed by atoms with Crippen molar-refractivity contribution >= 4 is 17.2 Å². The normalized spacial score (nSPS) is 16.6. The maximum absolute atomic E-state index is 14.4. The van der Waals surface area contributed by atoms with Crippen molar-refractivity contribution in [3.05, 3.63) is 33.6 Å². The maximum Gasteiger partial charge on any atom is 0.317 e. The molecule has 3 N–H and O–H groups in total. The number of ether oxygens (including phenoxy) is 2. The highest BCUT2D eigenvalue weighted by Gasteiger charge is 2.42. The quantitative estimate of drug-likeness (QED) is 0.778. The van der Waals surface area contributed by atoms with Crippen LogP contribution in [0.1, 0.15) is 27.2 Å². The fourth-order valence-corrected chi connectivity index (χ4v) is 3.42. The van der Waals surface area contributed by atoms with Gasteiger partial charge in [-0.1, -0.05) is 11.8 Å². The van der Waals surface area contributed by atoms with Gasteiger partial charge in [-0.05, 0) is 25.1 Å². The molecule has 1 aromatic heterocycles. The predicted molar refractivity (Wildman–Crippen MR) is 94.8 cm³/mol. The molecule has 0 spiro atoms. The lowest BCUT2D eigenvalue weighted by Gasteiger charge is -2.14. The number of hydrogen-bond acceptors (Lipinski definition) is 6. The number of alkyl halides is 2. The smallest absolute Gasteiger partial charge is 0.317 e. The van der Waals surface area contributed by atoms with Crippen LogP contribution in [0.3, 0.4) is 0 Å². The molecule has 0 bridgehead atoms.